The number of carbonyl (C=O) groups is 1. The first-order chi connectivity index (χ1) is 7.67. The van der Waals surface area contributed by atoms with E-state index in [1.807, 2.05) is 6.08 Å². The summed E-state index contributed by atoms with van der Waals surface area (Å²) in [4.78, 5) is 20.7. The van der Waals surface area contributed by atoms with Crippen LogP contribution in [0.1, 0.15) is 22.3 Å². The lowest BCUT2D eigenvalue weighted by Crippen LogP contribution is -1.91. The molecule has 0 aliphatic rings. The van der Waals surface area contributed by atoms with Crippen LogP contribution in [0, 0.1) is 10.1 Å². The zero-order chi connectivity index (χ0) is 12.0. The Morgan fingerprint density at radius 1 is 1.31 bits per heavy atom. The Morgan fingerprint density at radius 3 is 2.56 bits per heavy atom. The summed E-state index contributed by atoms with van der Waals surface area (Å²) in [7, 11) is 0. The maximum atomic E-state index is 10.6. The number of hydrogen-bond donors (Lipinski definition) is 1. The van der Waals surface area contributed by atoms with Crippen LogP contribution in [0.2, 0.25) is 0 Å². The van der Waals surface area contributed by atoms with Crippen molar-refractivity contribution in [3.63, 3.8) is 0 Å². The highest BCUT2D eigenvalue weighted by Gasteiger charge is 2.07. The minimum absolute atomic E-state index is 0.0740. The second kappa shape index (κ2) is 6.07. The Balaban J connectivity index is 3.04. The van der Waals surface area contributed by atoms with E-state index in [2.05, 4.69) is 12.6 Å². The smallest absolute Gasteiger partial charge is 0.270 e. The minimum atomic E-state index is -0.511. The van der Waals surface area contributed by atoms with E-state index in [0.717, 1.165) is 6.42 Å². The number of nitrogens with zero attached hydrogens (tertiary/aromatic N) is 1. The molecule has 16 heavy (non-hydrogen) atoms. The van der Waals surface area contributed by atoms with Crippen LogP contribution in [0.5, 0.6) is 0 Å². The van der Waals surface area contributed by atoms with Gasteiger partial charge in [-0.05, 0) is 23.8 Å². The number of nitro groups is 1. The summed E-state index contributed by atoms with van der Waals surface area (Å²) in [5.41, 5.74) is 0.882. The van der Waals surface area contributed by atoms with Crippen molar-refractivity contribution in [2.24, 2.45) is 0 Å². The molecule has 0 N–H and O–H groups in total. The molecular formula is C11H11NO3S. The summed E-state index contributed by atoms with van der Waals surface area (Å²) in [6.07, 6.45) is 4.99. The van der Waals surface area contributed by atoms with E-state index in [0.29, 0.717) is 23.2 Å². The predicted molar refractivity (Wildman–Crippen MR) is 66.0 cm³/mol. The van der Waals surface area contributed by atoms with Gasteiger partial charge in [-0.15, -0.1) is 0 Å². The van der Waals surface area contributed by atoms with Crippen LogP contribution in [0.25, 0.3) is 6.08 Å². The van der Waals surface area contributed by atoms with Gasteiger partial charge in [0.2, 0.25) is 0 Å². The average molecular weight is 237 g/mol. The molecule has 0 unspecified atom stereocenters. The maximum absolute atomic E-state index is 10.6. The van der Waals surface area contributed by atoms with E-state index in [1.54, 1.807) is 12.1 Å². The van der Waals surface area contributed by atoms with Crippen LogP contribution >= 0.6 is 12.6 Å². The number of hydrogen-bond acceptors (Lipinski definition) is 4. The monoisotopic (exact) mass is 237 g/mol. The Bertz CT molecular complexity index is 429. The molecule has 0 heterocycles. The Labute approximate surface area is 98.5 Å². The molecule has 0 aromatic heterocycles. The van der Waals surface area contributed by atoms with Crippen molar-refractivity contribution in [2.75, 3.05) is 5.75 Å². The van der Waals surface area contributed by atoms with Crippen molar-refractivity contribution in [3.05, 3.63) is 45.5 Å². The molecule has 0 aliphatic carbocycles. The minimum Gasteiger partial charge on any atom is -0.298 e. The van der Waals surface area contributed by atoms with Gasteiger partial charge in [0, 0.05) is 17.7 Å². The van der Waals surface area contributed by atoms with Crippen LogP contribution in [0.4, 0.5) is 5.69 Å². The molecule has 0 saturated carbocycles. The van der Waals surface area contributed by atoms with Crippen LogP contribution in [-0.4, -0.2) is 17.0 Å². The number of thiol groups is 1. The van der Waals surface area contributed by atoms with Crippen LogP contribution in [-0.2, 0) is 0 Å². The van der Waals surface area contributed by atoms with Crippen molar-refractivity contribution < 1.29 is 9.72 Å². The second-order valence-electron chi connectivity index (χ2n) is 3.15. The zero-order valence-corrected chi connectivity index (χ0v) is 9.39. The van der Waals surface area contributed by atoms with Crippen molar-refractivity contribution in [3.8, 4) is 0 Å². The second-order valence-corrected chi connectivity index (χ2v) is 3.59. The van der Waals surface area contributed by atoms with E-state index >= 15 is 0 Å². The van der Waals surface area contributed by atoms with Crippen LogP contribution < -0.4 is 0 Å². The van der Waals surface area contributed by atoms with E-state index < -0.39 is 4.92 Å². The Kier molecular flexibility index (Phi) is 4.72. The van der Waals surface area contributed by atoms with Gasteiger partial charge in [-0.3, -0.25) is 14.9 Å². The quantitative estimate of drug-likeness (QED) is 0.371. The van der Waals surface area contributed by atoms with E-state index in [4.69, 9.17) is 0 Å². The third kappa shape index (κ3) is 3.51. The third-order valence-electron chi connectivity index (χ3n) is 1.92. The molecule has 4 nitrogen and oxygen atoms in total. The highest BCUT2D eigenvalue weighted by Crippen LogP contribution is 2.17. The fourth-order valence-corrected chi connectivity index (χ4v) is 1.37. The number of aldehydes is 1. The fraction of sp³-hybridized carbons (Fsp3) is 0.182. The fourth-order valence-electron chi connectivity index (χ4n) is 1.22. The third-order valence-corrected chi connectivity index (χ3v) is 2.17. The molecule has 0 radical (unpaired) electrons. The average Bonchev–Trinajstić information content (AvgIpc) is 2.29. The lowest BCUT2D eigenvalue weighted by Gasteiger charge is -1.97. The van der Waals surface area contributed by atoms with Gasteiger partial charge in [-0.1, -0.05) is 12.2 Å². The molecule has 0 saturated heterocycles. The summed E-state index contributed by atoms with van der Waals surface area (Å²) in [5, 5.41) is 10.6. The SMILES string of the molecule is O=Cc1cc(C=CCCS)cc([N+](=O)[O-])c1. The summed E-state index contributed by atoms with van der Waals surface area (Å²) in [6.45, 7) is 0. The molecule has 5 heteroatoms. The first kappa shape index (κ1) is 12.4. The molecule has 0 fully saturated rings. The lowest BCUT2D eigenvalue weighted by molar-refractivity contribution is -0.384. The Hall–Kier alpha value is -1.62. The lowest BCUT2D eigenvalue weighted by atomic mass is 10.1. The molecule has 1 aromatic rings. The van der Waals surface area contributed by atoms with Crippen LogP contribution in [0.3, 0.4) is 0 Å². The van der Waals surface area contributed by atoms with Crippen molar-refractivity contribution >= 4 is 30.7 Å². The van der Waals surface area contributed by atoms with E-state index in [9.17, 15) is 14.9 Å². The van der Waals surface area contributed by atoms with Crippen molar-refractivity contribution in [1.29, 1.82) is 0 Å². The topological polar surface area (TPSA) is 60.2 Å². The van der Waals surface area contributed by atoms with Gasteiger partial charge in [0.1, 0.15) is 6.29 Å². The van der Waals surface area contributed by atoms with Crippen LogP contribution in [0.15, 0.2) is 24.3 Å². The number of carbonyl (C=O) groups excluding carboxylic acids is 1. The van der Waals surface area contributed by atoms with Gasteiger partial charge >= 0.3 is 0 Å². The summed E-state index contributed by atoms with van der Waals surface area (Å²) < 4.78 is 0. The molecule has 84 valence electrons. The van der Waals surface area contributed by atoms with Gasteiger partial charge in [0.25, 0.3) is 5.69 Å². The number of rotatable bonds is 5. The van der Waals surface area contributed by atoms with E-state index in [-0.39, 0.29) is 5.69 Å². The molecule has 0 bridgehead atoms. The highest BCUT2D eigenvalue weighted by atomic mass is 32.1. The summed E-state index contributed by atoms with van der Waals surface area (Å²) in [6, 6.07) is 4.29. The summed E-state index contributed by atoms with van der Waals surface area (Å²) >= 11 is 4.04. The predicted octanol–water partition coefficient (Wildman–Crippen LogP) is 2.74. The number of benzene rings is 1. The molecule has 1 aromatic carbocycles. The maximum Gasteiger partial charge on any atom is 0.270 e. The molecule has 0 amide bonds. The van der Waals surface area contributed by atoms with Crippen molar-refractivity contribution in [2.45, 2.75) is 6.42 Å². The Morgan fingerprint density at radius 2 is 2.00 bits per heavy atom. The molecule has 0 aliphatic heterocycles. The normalized spacial score (nSPS) is 10.6. The van der Waals surface area contributed by atoms with Crippen molar-refractivity contribution in [1.82, 2.24) is 0 Å². The highest BCUT2D eigenvalue weighted by molar-refractivity contribution is 7.80. The molecule has 0 atom stereocenters. The van der Waals surface area contributed by atoms with Gasteiger partial charge in [0.05, 0.1) is 4.92 Å². The first-order valence-electron chi connectivity index (χ1n) is 4.69. The number of non-ortho nitro benzene ring substituents is 1. The molecular weight excluding hydrogens is 226 g/mol. The first-order valence-corrected chi connectivity index (χ1v) is 5.32. The number of allylic oxidation sites excluding steroid dienone is 1. The standard InChI is InChI=1S/C11H11NO3S/c13-8-10-5-9(3-1-2-4-16)6-11(7-10)12(14)15/h1,3,5-8,16H,2,4H2. The largest absolute Gasteiger partial charge is 0.298 e. The molecule has 0 spiro atoms. The summed E-state index contributed by atoms with van der Waals surface area (Å²) in [5.74, 6) is 0.714. The van der Waals surface area contributed by atoms with Gasteiger partial charge in [-0.25, -0.2) is 0 Å². The number of nitro benzene ring substituents is 1. The van der Waals surface area contributed by atoms with Gasteiger partial charge in [-0.2, -0.15) is 12.6 Å². The van der Waals surface area contributed by atoms with E-state index in [1.165, 1.54) is 12.1 Å². The van der Waals surface area contributed by atoms with Gasteiger partial charge in [0.15, 0.2) is 0 Å². The molecule has 1 rings (SSSR count). The van der Waals surface area contributed by atoms with Gasteiger partial charge < -0.3 is 0 Å². The zero-order valence-electron chi connectivity index (χ0n) is 8.50.